The second kappa shape index (κ2) is 4.56. The molecule has 3 aromatic rings. The molecular weight excluding hydrogens is 250 g/mol. The van der Waals surface area contributed by atoms with Crippen molar-refractivity contribution in [3.8, 4) is 11.1 Å². The number of rotatable bonds is 2. The van der Waals surface area contributed by atoms with Crippen molar-refractivity contribution in [1.82, 2.24) is 14.6 Å². The first-order chi connectivity index (χ1) is 9.59. The Kier molecular flexibility index (Phi) is 2.86. The van der Waals surface area contributed by atoms with Gasteiger partial charge in [-0.2, -0.15) is 4.79 Å². The number of aromatic amines is 1. The third-order valence-corrected chi connectivity index (χ3v) is 3.55. The molecule has 0 spiro atoms. The van der Waals surface area contributed by atoms with Crippen molar-refractivity contribution in [3.05, 3.63) is 69.9 Å². The first-order valence-electron chi connectivity index (χ1n) is 6.62. The predicted octanol–water partition coefficient (Wildman–Crippen LogP) is 2.88. The van der Waals surface area contributed by atoms with E-state index < -0.39 is 0 Å². The molecule has 0 atom stereocenters. The van der Waals surface area contributed by atoms with E-state index in [4.69, 9.17) is 0 Å². The maximum absolute atomic E-state index is 12.7. The minimum Gasteiger partial charge on any atom is -0.280 e. The third kappa shape index (κ3) is 1.81. The van der Waals surface area contributed by atoms with Crippen LogP contribution in [-0.4, -0.2) is 14.6 Å². The summed E-state index contributed by atoms with van der Waals surface area (Å²) >= 11 is 0. The fourth-order valence-electron chi connectivity index (χ4n) is 2.59. The number of H-pyrrole nitrogens is 1. The molecule has 0 saturated carbocycles. The Labute approximate surface area is 117 Å². The van der Waals surface area contributed by atoms with Gasteiger partial charge in [0.25, 0.3) is 5.56 Å². The molecule has 0 aliphatic carbocycles. The summed E-state index contributed by atoms with van der Waals surface area (Å²) in [6.07, 6.45) is 0. The van der Waals surface area contributed by atoms with Gasteiger partial charge in [0.1, 0.15) is 0 Å². The van der Waals surface area contributed by atoms with Crippen LogP contribution in [-0.2, 0) is 0 Å². The predicted molar refractivity (Wildman–Crippen MR) is 79.9 cm³/mol. The molecular formula is C16H17N3O. The van der Waals surface area contributed by atoms with Gasteiger partial charge < -0.3 is 0 Å². The molecule has 20 heavy (non-hydrogen) atoms. The number of aromatic nitrogens is 3. The molecule has 0 bridgehead atoms. The standard InChI is InChI=1S/C16H17N3O/c1-11-9-10-12(2)18(11)19-16(20)15(13(3)17-19)14-7-5-4-6-8-14/h4-10,17H,1-3H3. The van der Waals surface area contributed by atoms with Gasteiger partial charge in [0, 0.05) is 17.1 Å². The molecule has 2 heterocycles. The van der Waals surface area contributed by atoms with E-state index in [-0.39, 0.29) is 5.56 Å². The molecule has 0 aliphatic heterocycles. The van der Waals surface area contributed by atoms with E-state index in [2.05, 4.69) is 5.10 Å². The lowest BCUT2D eigenvalue weighted by molar-refractivity contribution is 0.529. The summed E-state index contributed by atoms with van der Waals surface area (Å²) in [6.45, 7) is 5.89. The average molecular weight is 267 g/mol. The second-order valence-corrected chi connectivity index (χ2v) is 5.02. The van der Waals surface area contributed by atoms with Crippen LogP contribution >= 0.6 is 0 Å². The van der Waals surface area contributed by atoms with Crippen LogP contribution in [0.4, 0.5) is 0 Å². The molecule has 102 valence electrons. The van der Waals surface area contributed by atoms with Gasteiger partial charge in [-0.25, -0.2) is 4.68 Å². The number of aryl methyl sites for hydroxylation is 3. The summed E-state index contributed by atoms with van der Waals surface area (Å²) in [5.74, 6) is 0. The van der Waals surface area contributed by atoms with Gasteiger partial charge in [0.15, 0.2) is 0 Å². The van der Waals surface area contributed by atoms with Crippen LogP contribution in [0.1, 0.15) is 17.1 Å². The lowest BCUT2D eigenvalue weighted by atomic mass is 10.1. The van der Waals surface area contributed by atoms with Crippen molar-refractivity contribution in [3.63, 3.8) is 0 Å². The van der Waals surface area contributed by atoms with Crippen molar-refractivity contribution in [2.45, 2.75) is 20.8 Å². The van der Waals surface area contributed by atoms with E-state index in [1.807, 2.05) is 67.9 Å². The first kappa shape index (κ1) is 12.5. The SMILES string of the molecule is Cc1[nH]n(-n2c(C)ccc2C)c(=O)c1-c1ccccc1. The van der Waals surface area contributed by atoms with Crippen LogP contribution < -0.4 is 5.56 Å². The van der Waals surface area contributed by atoms with Crippen molar-refractivity contribution in [2.24, 2.45) is 0 Å². The molecule has 2 aromatic heterocycles. The molecule has 0 aliphatic rings. The van der Waals surface area contributed by atoms with Crippen LogP contribution in [0.25, 0.3) is 11.1 Å². The number of benzene rings is 1. The Balaban J connectivity index is 2.26. The molecule has 0 unspecified atom stereocenters. The highest BCUT2D eigenvalue weighted by molar-refractivity contribution is 5.64. The monoisotopic (exact) mass is 267 g/mol. The summed E-state index contributed by atoms with van der Waals surface area (Å²) in [6, 6.07) is 13.7. The zero-order valence-corrected chi connectivity index (χ0v) is 11.8. The number of nitrogens with one attached hydrogen (secondary N) is 1. The van der Waals surface area contributed by atoms with E-state index in [1.165, 1.54) is 0 Å². The molecule has 4 heteroatoms. The summed E-state index contributed by atoms with van der Waals surface area (Å²) in [5.41, 5.74) is 4.53. The highest BCUT2D eigenvalue weighted by Crippen LogP contribution is 2.18. The highest BCUT2D eigenvalue weighted by Gasteiger charge is 2.15. The quantitative estimate of drug-likeness (QED) is 0.762. The van der Waals surface area contributed by atoms with Gasteiger partial charge in [-0.15, -0.1) is 0 Å². The molecule has 0 fully saturated rings. The van der Waals surface area contributed by atoms with Crippen LogP contribution in [0.5, 0.6) is 0 Å². The Morgan fingerprint density at radius 2 is 1.50 bits per heavy atom. The van der Waals surface area contributed by atoms with Crippen LogP contribution in [0.15, 0.2) is 47.3 Å². The smallest absolute Gasteiger partial charge is 0.280 e. The Morgan fingerprint density at radius 3 is 2.10 bits per heavy atom. The van der Waals surface area contributed by atoms with Gasteiger partial charge >= 0.3 is 0 Å². The first-order valence-corrected chi connectivity index (χ1v) is 6.62. The molecule has 3 rings (SSSR count). The lowest BCUT2D eigenvalue weighted by Crippen LogP contribution is -2.26. The van der Waals surface area contributed by atoms with E-state index >= 15 is 0 Å². The normalized spacial score (nSPS) is 10.9. The van der Waals surface area contributed by atoms with Crippen LogP contribution in [0.3, 0.4) is 0 Å². The van der Waals surface area contributed by atoms with Crippen molar-refractivity contribution >= 4 is 0 Å². The minimum atomic E-state index is -0.0314. The van der Waals surface area contributed by atoms with E-state index in [0.29, 0.717) is 0 Å². The molecule has 1 N–H and O–H groups in total. The largest absolute Gasteiger partial charge is 0.294 e. The van der Waals surface area contributed by atoms with Crippen LogP contribution in [0, 0.1) is 20.8 Å². The highest BCUT2D eigenvalue weighted by atomic mass is 16.1. The van der Waals surface area contributed by atoms with E-state index in [0.717, 1.165) is 28.2 Å². The summed E-state index contributed by atoms with van der Waals surface area (Å²) in [4.78, 5) is 14.3. The molecule has 4 nitrogen and oxygen atoms in total. The average Bonchev–Trinajstić information content (AvgIpc) is 2.91. The number of hydrogen-bond acceptors (Lipinski definition) is 1. The maximum atomic E-state index is 12.7. The summed E-state index contributed by atoms with van der Waals surface area (Å²) in [7, 11) is 0. The second-order valence-electron chi connectivity index (χ2n) is 5.02. The van der Waals surface area contributed by atoms with Crippen molar-refractivity contribution < 1.29 is 0 Å². The number of hydrogen-bond donors (Lipinski definition) is 1. The Bertz CT molecular complexity index is 787. The molecule has 0 saturated heterocycles. The van der Waals surface area contributed by atoms with E-state index in [1.54, 1.807) is 4.79 Å². The Hall–Kier alpha value is -2.49. The van der Waals surface area contributed by atoms with Gasteiger partial charge in [-0.1, -0.05) is 30.3 Å². The summed E-state index contributed by atoms with van der Waals surface area (Å²) < 4.78 is 1.89. The topological polar surface area (TPSA) is 42.7 Å². The molecule has 0 radical (unpaired) electrons. The zero-order chi connectivity index (χ0) is 14.3. The minimum absolute atomic E-state index is 0.0314. The maximum Gasteiger partial charge on any atom is 0.294 e. The van der Waals surface area contributed by atoms with Gasteiger partial charge in [0.2, 0.25) is 0 Å². The lowest BCUT2D eigenvalue weighted by Gasteiger charge is -2.08. The fraction of sp³-hybridized carbons (Fsp3) is 0.188. The number of nitrogens with zero attached hydrogens (tertiary/aromatic N) is 2. The van der Waals surface area contributed by atoms with Gasteiger partial charge in [-0.3, -0.25) is 9.89 Å². The van der Waals surface area contributed by atoms with Crippen molar-refractivity contribution in [2.75, 3.05) is 0 Å². The van der Waals surface area contributed by atoms with E-state index in [9.17, 15) is 4.79 Å². The Morgan fingerprint density at radius 1 is 0.900 bits per heavy atom. The zero-order valence-electron chi connectivity index (χ0n) is 11.8. The molecule has 1 aromatic carbocycles. The summed E-state index contributed by atoms with van der Waals surface area (Å²) in [5, 5.41) is 3.16. The third-order valence-electron chi connectivity index (χ3n) is 3.55. The van der Waals surface area contributed by atoms with Gasteiger partial charge in [0.05, 0.1) is 5.56 Å². The molecule has 0 amide bonds. The fourth-order valence-corrected chi connectivity index (χ4v) is 2.59. The van der Waals surface area contributed by atoms with Crippen LogP contribution in [0.2, 0.25) is 0 Å². The van der Waals surface area contributed by atoms with Gasteiger partial charge in [-0.05, 0) is 38.5 Å². The van der Waals surface area contributed by atoms with Crippen molar-refractivity contribution in [1.29, 1.82) is 0 Å².